The third-order valence-electron chi connectivity index (χ3n) is 3.91. The standard InChI is InChI=1S/C18H20ClFN2O5S/c1-11(22(28(4,24)25)15-8-6-5-7-13(15)20)18(23)21-14-10-16(26-2)12(19)9-17(14)27-3/h5-11H,1-4H3,(H,21,23)/t11-/m0/s1. The minimum atomic E-state index is -3.96. The lowest BCUT2D eigenvalue weighted by Crippen LogP contribution is -2.45. The topological polar surface area (TPSA) is 84.9 Å². The van der Waals surface area contributed by atoms with Gasteiger partial charge in [0.1, 0.15) is 23.4 Å². The van der Waals surface area contributed by atoms with Gasteiger partial charge in [-0.3, -0.25) is 9.10 Å². The Kier molecular flexibility index (Phi) is 6.73. The van der Waals surface area contributed by atoms with Crippen molar-refractivity contribution in [3.63, 3.8) is 0 Å². The van der Waals surface area contributed by atoms with Crippen LogP contribution in [0.15, 0.2) is 36.4 Å². The Balaban J connectivity index is 2.41. The lowest BCUT2D eigenvalue weighted by atomic mass is 10.2. The van der Waals surface area contributed by atoms with E-state index in [0.29, 0.717) is 5.75 Å². The van der Waals surface area contributed by atoms with Crippen LogP contribution in [0, 0.1) is 5.82 Å². The van der Waals surface area contributed by atoms with Crippen molar-refractivity contribution < 1.29 is 27.1 Å². The molecule has 2 aromatic rings. The van der Waals surface area contributed by atoms with Gasteiger partial charge in [0, 0.05) is 12.1 Å². The van der Waals surface area contributed by atoms with Gasteiger partial charge >= 0.3 is 0 Å². The number of benzene rings is 2. The zero-order chi connectivity index (χ0) is 21.1. The maximum Gasteiger partial charge on any atom is 0.248 e. The maximum absolute atomic E-state index is 14.2. The quantitative estimate of drug-likeness (QED) is 0.728. The predicted molar refractivity (Wildman–Crippen MR) is 106 cm³/mol. The van der Waals surface area contributed by atoms with E-state index in [1.165, 1.54) is 51.5 Å². The Bertz CT molecular complexity index is 984. The van der Waals surface area contributed by atoms with E-state index in [1.54, 1.807) is 0 Å². The van der Waals surface area contributed by atoms with Gasteiger partial charge in [-0.2, -0.15) is 0 Å². The van der Waals surface area contributed by atoms with Crippen LogP contribution < -0.4 is 19.1 Å². The van der Waals surface area contributed by atoms with Gasteiger partial charge in [-0.05, 0) is 19.1 Å². The van der Waals surface area contributed by atoms with E-state index >= 15 is 0 Å². The summed E-state index contributed by atoms with van der Waals surface area (Å²) in [4.78, 5) is 12.8. The summed E-state index contributed by atoms with van der Waals surface area (Å²) in [6.07, 6.45) is 0.898. The fourth-order valence-electron chi connectivity index (χ4n) is 2.61. The van der Waals surface area contributed by atoms with Crippen molar-refractivity contribution in [2.24, 2.45) is 0 Å². The lowest BCUT2D eigenvalue weighted by molar-refractivity contribution is -0.116. The second-order valence-electron chi connectivity index (χ2n) is 5.86. The van der Waals surface area contributed by atoms with Crippen LogP contribution in [0.2, 0.25) is 5.02 Å². The number of hydrogen-bond donors (Lipinski definition) is 1. The van der Waals surface area contributed by atoms with Gasteiger partial charge in [0.2, 0.25) is 15.9 Å². The van der Waals surface area contributed by atoms with Crippen LogP contribution in [0.3, 0.4) is 0 Å². The Morgan fingerprint density at radius 1 is 1.18 bits per heavy atom. The predicted octanol–water partition coefficient (Wildman–Crippen LogP) is 3.29. The zero-order valence-corrected chi connectivity index (χ0v) is 17.3. The van der Waals surface area contributed by atoms with Crippen molar-refractivity contribution in [1.29, 1.82) is 0 Å². The average Bonchev–Trinajstić information content (AvgIpc) is 2.63. The number of ether oxygens (including phenoxy) is 2. The van der Waals surface area contributed by atoms with Crippen molar-refractivity contribution in [1.82, 2.24) is 0 Å². The molecule has 2 aromatic carbocycles. The number of sulfonamides is 1. The molecule has 0 bridgehead atoms. The minimum Gasteiger partial charge on any atom is -0.495 e. The van der Waals surface area contributed by atoms with Crippen molar-refractivity contribution in [3.8, 4) is 11.5 Å². The molecule has 0 saturated carbocycles. The number of halogens is 2. The van der Waals surface area contributed by atoms with Crippen LogP contribution in [-0.2, 0) is 14.8 Å². The van der Waals surface area contributed by atoms with Crippen molar-refractivity contribution in [3.05, 3.63) is 47.2 Å². The molecular weight excluding hydrogens is 411 g/mol. The number of para-hydroxylation sites is 1. The van der Waals surface area contributed by atoms with E-state index in [4.69, 9.17) is 21.1 Å². The first-order chi connectivity index (χ1) is 13.1. The highest BCUT2D eigenvalue weighted by Gasteiger charge is 2.31. The summed E-state index contributed by atoms with van der Waals surface area (Å²) in [5, 5.41) is 2.85. The van der Waals surface area contributed by atoms with Gasteiger partial charge in [0.05, 0.1) is 36.9 Å². The molecule has 0 aliphatic heterocycles. The molecule has 152 valence electrons. The highest BCUT2D eigenvalue weighted by atomic mass is 35.5. The first-order valence-corrected chi connectivity index (χ1v) is 10.3. The monoisotopic (exact) mass is 430 g/mol. The molecule has 1 amide bonds. The number of hydrogen-bond acceptors (Lipinski definition) is 5. The van der Waals surface area contributed by atoms with Gasteiger partial charge in [-0.25, -0.2) is 12.8 Å². The Morgan fingerprint density at radius 2 is 1.79 bits per heavy atom. The molecule has 7 nitrogen and oxygen atoms in total. The molecule has 0 aliphatic carbocycles. The smallest absolute Gasteiger partial charge is 0.248 e. The first kappa shape index (κ1) is 21.8. The van der Waals surface area contributed by atoms with E-state index in [1.807, 2.05) is 0 Å². The number of methoxy groups -OCH3 is 2. The van der Waals surface area contributed by atoms with Gasteiger partial charge in [0.15, 0.2) is 0 Å². The molecule has 0 unspecified atom stereocenters. The average molecular weight is 431 g/mol. The molecule has 0 fully saturated rings. The number of anilines is 2. The van der Waals surface area contributed by atoms with Gasteiger partial charge < -0.3 is 14.8 Å². The zero-order valence-electron chi connectivity index (χ0n) is 15.7. The van der Waals surface area contributed by atoms with E-state index in [-0.39, 0.29) is 22.1 Å². The Labute approximate surface area is 168 Å². The molecule has 10 heteroatoms. The fourth-order valence-corrected chi connectivity index (χ4v) is 4.01. The molecule has 28 heavy (non-hydrogen) atoms. The Morgan fingerprint density at radius 3 is 2.32 bits per heavy atom. The number of amides is 1. The van der Waals surface area contributed by atoms with Crippen LogP contribution in [0.4, 0.5) is 15.8 Å². The number of nitrogens with zero attached hydrogens (tertiary/aromatic N) is 1. The largest absolute Gasteiger partial charge is 0.495 e. The molecule has 2 rings (SSSR count). The molecule has 0 heterocycles. The minimum absolute atomic E-state index is 0.225. The molecule has 0 spiro atoms. The summed E-state index contributed by atoms with van der Waals surface area (Å²) in [6, 6.07) is 6.95. The number of carbonyl (C=O) groups excluding carboxylic acids is 1. The maximum atomic E-state index is 14.2. The highest BCUT2D eigenvalue weighted by molar-refractivity contribution is 7.92. The number of carbonyl (C=O) groups is 1. The molecule has 0 radical (unpaired) electrons. The Hall–Kier alpha value is -2.52. The third kappa shape index (κ3) is 4.66. The highest BCUT2D eigenvalue weighted by Crippen LogP contribution is 2.36. The van der Waals surface area contributed by atoms with Crippen LogP contribution in [0.5, 0.6) is 11.5 Å². The van der Waals surface area contributed by atoms with Gasteiger partial charge in [0.25, 0.3) is 0 Å². The van der Waals surface area contributed by atoms with Crippen molar-refractivity contribution >= 4 is 38.9 Å². The second kappa shape index (κ2) is 8.66. The molecule has 1 atom stereocenters. The van der Waals surface area contributed by atoms with Crippen molar-refractivity contribution in [2.75, 3.05) is 30.1 Å². The van der Waals surface area contributed by atoms with Crippen LogP contribution in [0.25, 0.3) is 0 Å². The molecule has 0 saturated heterocycles. The molecule has 0 aliphatic rings. The van der Waals surface area contributed by atoms with Gasteiger partial charge in [-0.15, -0.1) is 0 Å². The van der Waals surface area contributed by atoms with Crippen LogP contribution >= 0.6 is 11.6 Å². The molecular formula is C18H20ClFN2O5S. The van der Waals surface area contributed by atoms with Crippen molar-refractivity contribution in [2.45, 2.75) is 13.0 Å². The summed E-state index contributed by atoms with van der Waals surface area (Å²) < 4.78 is 49.8. The third-order valence-corrected chi connectivity index (χ3v) is 5.43. The number of rotatable bonds is 7. The summed E-state index contributed by atoms with van der Waals surface area (Å²) in [7, 11) is -1.16. The second-order valence-corrected chi connectivity index (χ2v) is 8.13. The summed E-state index contributed by atoms with van der Waals surface area (Å²) in [5.41, 5.74) is -0.00381. The number of nitrogens with one attached hydrogen (secondary N) is 1. The normalized spacial score (nSPS) is 12.2. The van der Waals surface area contributed by atoms with E-state index in [2.05, 4.69) is 5.32 Å². The molecule has 0 aromatic heterocycles. The first-order valence-electron chi connectivity index (χ1n) is 8.06. The SMILES string of the molecule is COc1cc(NC(=O)[C@H](C)N(c2ccccc2F)S(C)(=O)=O)c(OC)cc1Cl. The molecule has 1 N–H and O–H groups in total. The van der Waals surface area contributed by atoms with Gasteiger partial charge in [-0.1, -0.05) is 23.7 Å². The van der Waals surface area contributed by atoms with E-state index < -0.39 is 27.8 Å². The summed E-state index contributed by atoms with van der Waals surface area (Å²) in [5.74, 6) is -0.919. The summed E-state index contributed by atoms with van der Waals surface area (Å²) >= 11 is 6.04. The van der Waals surface area contributed by atoms with E-state index in [0.717, 1.165) is 16.6 Å². The lowest BCUT2D eigenvalue weighted by Gasteiger charge is -2.28. The van der Waals surface area contributed by atoms with Crippen LogP contribution in [0.1, 0.15) is 6.92 Å². The summed E-state index contributed by atoms with van der Waals surface area (Å²) in [6.45, 7) is 1.35. The van der Waals surface area contributed by atoms with E-state index in [9.17, 15) is 17.6 Å². The van der Waals surface area contributed by atoms with Crippen LogP contribution in [-0.4, -0.2) is 40.8 Å². The fraction of sp³-hybridized carbons (Fsp3) is 0.278.